The summed E-state index contributed by atoms with van der Waals surface area (Å²) in [5, 5.41) is 4.50. The maximum absolute atomic E-state index is 13.6. The van der Waals surface area contributed by atoms with Crippen molar-refractivity contribution in [2.45, 2.75) is 78.4 Å². The van der Waals surface area contributed by atoms with Crippen molar-refractivity contribution < 1.29 is 37.1 Å². The molecule has 1 amide bonds. The number of aromatic nitrogens is 2. The summed E-state index contributed by atoms with van der Waals surface area (Å²) in [7, 11) is -0.282. The third-order valence-electron chi connectivity index (χ3n) is 7.92. The van der Waals surface area contributed by atoms with Crippen molar-refractivity contribution in [3.05, 3.63) is 59.4 Å². The molecule has 272 valence electrons. The molecule has 0 aliphatic carbocycles. The van der Waals surface area contributed by atoms with E-state index in [1.165, 1.54) is 13.4 Å². The van der Waals surface area contributed by atoms with Gasteiger partial charge in [-0.15, -0.1) is 5.06 Å². The van der Waals surface area contributed by atoms with E-state index in [9.17, 15) is 18.0 Å². The van der Waals surface area contributed by atoms with Crippen LogP contribution in [0.4, 0.5) is 22.0 Å². The van der Waals surface area contributed by atoms with E-state index < -0.39 is 27.7 Å². The van der Waals surface area contributed by atoms with Crippen LogP contribution in [0.3, 0.4) is 0 Å². The Labute approximate surface area is 294 Å². The van der Waals surface area contributed by atoms with Gasteiger partial charge in [0, 0.05) is 37.8 Å². The Bertz CT molecular complexity index is 1810. The monoisotopic (exact) mass is 712 g/mol. The second kappa shape index (κ2) is 15.1. The topological polar surface area (TPSA) is 162 Å². The van der Waals surface area contributed by atoms with Gasteiger partial charge in [0.05, 0.1) is 24.7 Å². The molecule has 1 aromatic heterocycles. The average Bonchev–Trinajstić information content (AvgIpc) is 3.00. The highest BCUT2D eigenvalue weighted by Gasteiger charge is 2.28. The number of amides is 1. The molecule has 50 heavy (non-hydrogen) atoms. The van der Waals surface area contributed by atoms with Gasteiger partial charge in [0.1, 0.15) is 23.5 Å². The number of aryl methyl sites for hydroxylation is 1. The van der Waals surface area contributed by atoms with E-state index >= 15 is 0 Å². The van der Waals surface area contributed by atoms with Gasteiger partial charge in [-0.05, 0) is 81.3 Å². The number of carbonyl (C=O) groups excluding carboxylic acids is 2. The van der Waals surface area contributed by atoms with Crippen molar-refractivity contribution >= 4 is 39.3 Å². The highest BCUT2D eigenvalue weighted by atomic mass is 32.2. The lowest BCUT2D eigenvalue weighted by molar-refractivity contribution is -0.151. The van der Waals surface area contributed by atoms with Gasteiger partial charge in [0.15, 0.2) is 5.75 Å². The van der Waals surface area contributed by atoms with Gasteiger partial charge in [-0.1, -0.05) is 26.8 Å². The van der Waals surface area contributed by atoms with Crippen LogP contribution in [0.2, 0.25) is 0 Å². The number of nitrogens with zero attached hydrogens (tertiary/aromatic N) is 4. The maximum atomic E-state index is 13.6. The molecule has 2 heterocycles. The van der Waals surface area contributed by atoms with Gasteiger partial charge in [-0.25, -0.2) is 23.2 Å². The number of anilines is 3. The number of nitrogens with one attached hydrogen (secondary N) is 2. The third-order valence-corrected chi connectivity index (χ3v) is 8.51. The first-order valence-corrected chi connectivity index (χ1v) is 18.1. The summed E-state index contributed by atoms with van der Waals surface area (Å²) in [6, 6.07) is 10.4. The summed E-state index contributed by atoms with van der Waals surface area (Å²) < 4.78 is 43.7. The fourth-order valence-corrected chi connectivity index (χ4v) is 5.82. The number of ether oxygens (including phenoxy) is 3. The predicted molar refractivity (Wildman–Crippen MR) is 192 cm³/mol. The molecule has 0 spiro atoms. The third kappa shape index (κ3) is 10.4. The summed E-state index contributed by atoms with van der Waals surface area (Å²) in [6.07, 6.45) is 3.21. The zero-order valence-corrected chi connectivity index (χ0v) is 31.2. The first-order valence-electron chi connectivity index (χ1n) is 16.2. The fraction of sp³-hybridized carbons (Fsp3) is 0.486. The highest BCUT2D eigenvalue weighted by Crippen LogP contribution is 2.39. The molecule has 0 bridgehead atoms. The average molecular weight is 713 g/mol. The van der Waals surface area contributed by atoms with Crippen molar-refractivity contribution in [2.24, 2.45) is 0 Å². The minimum Gasteiger partial charge on any atom is -0.492 e. The Balaban J connectivity index is 1.48. The van der Waals surface area contributed by atoms with Crippen LogP contribution in [0.25, 0.3) is 0 Å². The molecular formula is C35H48N6O8S. The highest BCUT2D eigenvalue weighted by molar-refractivity contribution is 7.92. The summed E-state index contributed by atoms with van der Waals surface area (Å²) >= 11 is 0. The van der Waals surface area contributed by atoms with E-state index in [1.54, 1.807) is 62.2 Å². The Morgan fingerprint density at radius 1 is 0.980 bits per heavy atom. The molecule has 0 unspecified atom stereocenters. The minimum atomic E-state index is -3.63. The summed E-state index contributed by atoms with van der Waals surface area (Å²) in [6.45, 7) is 14.2. The van der Waals surface area contributed by atoms with Crippen LogP contribution >= 0.6 is 0 Å². The first kappa shape index (κ1) is 38.2. The number of rotatable bonds is 10. The Hall–Kier alpha value is -4.63. The summed E-state index contributed by atoms with van der Waals surface area (Å²) in [5.41, 5.74) is 1.41. The smallest absolute Gasteiger partial charge is 0.492 e. The molecule has 0 radical (unpaired) electrons. The molecule has 2 N–H and O–H groups in total. The van der Waals surface area contributed by atoms with Crippen molar-refractivity contribution in [1.29, 1.82) is 0 Å². The number of methoxy groups -OCH3 is 1. The number of hydrogen-bond donors (Lipinski definition) is 2. The standard InChI is InChI=1S/C35H48N6O8S/c1-22-11-12-23(32(42)38-26-18-24(34(2,3)4)19-27(31(26)46-9)39-50(10,44)45)17-28(22)47-30-20-29(36-21-37-30)40(8)25-13-15-41(16-14-25)49-33(43)48-35(5,6)7/h11-12,17-21,25,39H,13-16H2,1-10H3,(H,38,42). The molecule has 0 atom stereocenters. The molecule has 14 nitrogen and oxygen atoms in total. The first-order chi connectivity index (χ1) is 23.2. The van der Waals surface area contributed by atoms with Gasteiger partial charge >= 0.3 is 6.16 Å². The Morgan fingerprint density at radius 3 is 2.24 bits per heavy atom. The SMILES string of the molecule is COc1c(NC(=O)c2ccc(C)c(Oc3cc(N(C)C4CCN(OC(=O)OC(C)(C)C)CC4)ncn3)c2)cc(C(C)(C)C)cc1NS(C)(=O)=O. The number of piperidine rings is 1. The zero-order valence-electron chi connectivity index (χ0n) is 30.4. The number of sulfonamides is 1. The van der Waals surface area contributed by atoms with Gasteiger partial charge in [0.2, 0.25) is 15.9 Å². The number of carbonyl (C=O) groups is 2. The lowest BCUT2D eigenvalue weighted by Crippen LogP contribution is -2.44. The Kier molecular flexibility index (Phi) is 11.5. The zero-order chi connectivity index (χ0) is 37.0. The van der Waals surface area contributed by atoms with Crippen molar-refractivity contribution in [1.82, 2.24) is 15.0 Å². The van der Waals surface area contributed by atoms with Gasteiger partial charge in [-0.2, -0.15) is 0 Å². The van der Waals surface area contributed by atoms with Crippen LogP contribution in [0.5, 0.6) is 17.4 Å². The van der Waals surface area contributed by atoms with E-state index in [4.69, 9.17) is 19.0 Å². The summed E-state index contributed by atoms with van der Waals surface area (Å²) in [4.78, 5) is 41.8. The van der Waals surface area contributed by atoms with Crippen molar-refractivity contribution in [2.75, 3.05) is 48.4 Å². The quantitative estimate of drug-likeness (QED) is 0.227. The van der Waals surface area contributed by atoms with Gasteiger partial charge in [-0.3, -0.25) is 9.52 Å². The van der Waals surface area contributed by atoms with E-state index in [2.05, 4.69) is 20.0 Å². The molecule has 2 aromatic carbocycles. The van der Waals surface area contributed by atoms with Crippen LogP contribution < -0.4 is 24.4 Å². The molecule has 1 saturated heterocycles. The molecule has 1 aliphatic rings. The van der Waals surface area contributed by atoms with Gasteiger partial charge < -0.3 is 29.3 Å². The molecule has 0 saturated carbocycles. The molecule has 4 rings (SSSR count). The second-order valence-corrected chi connectivity index (χ2v) is 16.1. The minimum absolute atomic E-state index is 0.131. The van der Waals surface area contributed by atoms with E-state index in [-0.39, 0.29) is 22.9 Å². The van der Waals surface area contributed by atoms with Crippen LogP contribution in [0, 0.1) is 6.92 Å². The number of hydrogen-bond acceptors (Lipinski definition) is 12. The van der Waals surface area contributed by atoms with E-state index in [0.29, 0.717) is 41.8 Å². The van der Waals surface area contributed by atoms with Gasteiger partial charge in [0.25, 0.3) is 5.91 Å². The lowest BCUT2D eigenvalue weighted by Gasteiger charge is -2.36. The van der Waals surface area contributed by atoms with Crippen LogP contribution in [-0.4, -0.2) is 80.7 Å². The van der Waals surface area contributed by atoms with E-state index in [1.807, 2.05) is 39.6 Å². The van der Waals surface area contributed by atoms with Crippen LogP contribution in [-0.2, 0) is 25.0 Å². The van der Waals surface area contributed by atoms with Crippen molar-refractivity contribution in [3.63, 3.8) is 0 Å². The molecule has 15 heteroatoms. The number of hydroxylamine groups is 2. The summed E-state index contributed by atoms with van der Waals surface area (Å²) in [5.74, 6) is 1.10. The predicted octanol–water partition coefficient (Wildman–Crippen LogP) is 6.27. The van der Waals surface area contributed by atoms with E-state index in [0.717, 1.165) is 30.2 Å². The Morgan fingerprint density at radius 2 is 1.64 bits per heavy atom. The van der Waals surface area contributed by atoms with Crippen LogP contribution in [0.1, 0.15) is 75.9 Å². The number of benzene rings is 2. The molecule has 1 aliphatic heterocycles. The molecular weight excluding hydrogens is 664 g/mol. The lowest BCUT2D eigenvalue weighted by atomic mass is 9.86. The largest absolute Gasteiger partial charge is 0.528 e. The normalized spacial score (nSPS) is 14.4. The molecule has 1 fully saturated rings. The van der Waals surface area contributed by atoms with Crippen LogP contribution in [0.15, 0.2) is 42.7 Å². The molecule has 3 aromatic rings. The second-order valence-electron chi connectivity index (χ2n) is 14.3. The fourth-order valence-electron chi connectivity index (χ4n) is 5.27. The van der Waals surface area contributed by atoms with Crippen molar-refractivity contribution in [3.8, 4) is 17.4 Å². The maximum Gasteiger partial charge on any atom is 0.528 e.